The Bertz CT molecular complexity index is 763. The van der Waals surface area contributed by atoms with Crippen molar-refractivity contribution >= 4 is 17.3 Å². The molecule has 11 heteroatoms. The summed E-state index contributed by atoms with van der Waals surface area (Å²) in [4.78, 5) is 12.3. The third-order valence-corrected chi connectivity index (χ3v) is 4.21. The first-order valence-electron chi connectivity index (χ1n) is 8.46. The zero-order valence-corrected chi connectivity index (χ0v) is 16.5. The molecular weight excluding hydrogens is 381 g/mol. The number of hydrogen-bond donors (Lipinski definition) is 2. The van der Waals surface area contributed by atoms with Gasteiger partial charge in [0.1, 0.15) is 6.54 Å². The normalized spacial score (nSPS) is 13.1. The summed E-state index contributed by atoms with van der Waals surface area (Å²) < 4.78 is 42.9. The predicted octanol–water partition coefficient (Wildman–Crippen LogP) is 3.14. The average molecular weight is 404 g/mol. The Kier molecular flexibility index (Phi) is 6.79. The standard InChI is InChI=1S/C16H23F3N6OS/c1-5-20-14(22-8-11-24-13(26-25-11)15(2,3)4)21-7-6-12-23-10(9-27-12)16(17,18)19/h9H,5-8H2,1-4H3,(H2,20,21,22). The van der Waals surface area contributed by atoms with E-state index < -0.39 is 11.9 Å². The Morgan fingerprint density at radius 2 is 1.96 bits per heavy atom. The Morgan fingerprint density at radius 1 is 1.22 bits per heavy atom. The molecule has 0 radical (unpaired) electrons. The summed E-state index contributed by atoms with van der Waals surface area (Å²) in [6.45, 7) is 9.10. The van der Waals surface area contributed by atoms with Gasteiger partial charge in [0.05, 0.1) is 5.01 Å². The number of aromatic nitrogens is 3. The topological polar surface area (TPSA) is 88.2 Å². The van der Waals surface area contributed by atoms with Gasteiger partial charge in [-0.1, -0.05) is 25.9 Å². The van der Waals surface area contributed by atoms with E-state index in [0.717, 1.165) is 16.7 Å². The number of hydrogen-bond acceptors (Lipinski definition) is 6. The summed E-state index contributed by atoms with van der Waals surface area (Å²) >= 11 is 0.993. The van der Waals surface area contributed by atoms with Gasteiger partial charge in [-0.05, 0) is 6.92 Å². The monoisotopic (exact) mass is 404 g/mol. The first kappa shape index (κ1) is 21.1. The summed E-state index contributed by atoms with van der Waals surface area (Å²) in [6.07, 6.45) is -4.05. The van der Waals surface area contributed by atoms with E-state index in [1.165, 1.54) is 0 Å². The molecule has 0 amide bonds. The third kappa shape index (κ3) is 6.49. The molecule has 150 valence electrons. The molecule has 0 aliphatic heterocycles. The highest BCUT2D eigenvalue weighted by molar-refractivity contribution is 7.09. The maximum atomic E-state index is 12.6. The van der Waals surface area contributed by atoms with Gasteiger partial charge in [0.2, 0.25) is 5.89 Å². The second-order valence-corrected chi connectivity index (χ2v) is 7.70. The summed E-state index contributed by atoms with van der Waals surface area (Å²) in [6, 6.07) is 0. The van der Waals surface area contributed by atoms with Gasteiger partial charge in [0.15, 0.2) is 17.5 Å². The van der Waals surface area contributed by atoms with Crippen molar-refractivity contribution in [2.75, 3.05) is 13.1 Å². The first-order chi connectivity index (χ1) is 12.6. The van der Waals surface area contributed by atoms with E-state index in [1.54, 1.807) is 0 Å². The zero-order valence-electron chi connectivity index (χ0n) is 15.6. The third-order valence-electron chi connectivity index (χ3n) is 3.31. The van der Waals surface area contributed by atoms with E-state index in [4.69, 9.17) is 4.52 Å². The minimum atomic E-state index is -4.41. The van der Waals surface area contributed by atoms with E-state index in [0.29, 0.717) is 42.2 Å². The molecule has 0 aliphatic carbocycles. The minimum absolute atomic E-state index is 0.227. The molecule has 0 spiro atoms. The van der Waals surface area contributed by atoms with Gasteiger partial charge in [-0.3, -0.25) is 0 Å². The van der Waals surface area contributed by atoms with Crippen molar-refractivity contribution in [2.24, 2.45) is 4.99 Å². The number of guanidine groups is 1. The van der Waals surface area contributed by atoms with Gasteiger partial charge in [-0.25, -0.2) is 9.98 Å². The van der Waals surface area contributed by atoms with Crippen molar-refractivity contribution in [1.82, 2.24) is 25.8 Å². The molecule has 0 saturated heterocycles. The minimum Gasteiger partial charge on any atom is -0.357 e. The Morgan fingerprint density at radius 3 is 2.52 bits per heavy atom. The molecule has 2 N–H and O–H groups in total. The molecule has 2 aromatic rings. The predicted molar refractivity (Wildman–Crippen MR) is 96.6 cm³/mol. The fourth-order valence-corrected chi connectivity index (χ4v) is 2.76. The number of halogens is 3. The van der Waals surface area contributed by atoms with Crippen LogP contribution in [-0.2, 0) is 24.6 Å². The van der Waals surface area contributed by atoms with E-state index in [9.17, 15) is 13.2 Å². The van der Waals surface area contributed by atoms with Crippen LogP contribution in [0.15, 0.2) is 14.9 Å². The molecule has 0 atom stereocenters. The van der Waals surface area contributed by atoms with Crippen molar-refractivity contribution in [3.8, 4) is 0 Å². The van der Waals surface area contributed by atoms with Crippen molar-refractivity contribution in [2.45, 2.75) is 52.3 Å². The lowest BCUT2D eigenvalue weighted by molar-refractivity contribution is -0.140. The van der Waals surface area contributed by atoms with E-state index in [-0.39, 0.29) is 12.0 Å². The quantitative estimate of drug-likeness (QED) is 0.568. The van der Waals surface area contributed by atoms with Crippen LogP contribution in [0.5, 0.6) is 0 Å². The maximum Gasteiger partial charge on any atom is 0.434 e. The van der Waals surface area contributed by atoms with Crippen LogP contribution in [0.4, 0.5) is 13.2 Å². The average Bonchev–Trinajstić information content (AvgIpc) is 3.21. The van der Waals surface area contributed by atoms with Gasteiger partial charge in [0.25, 0.3) is 0 Å². The Hall–Kier alpha value is -2.17. The van der Waals surface area contributed by atoms with Crippen LogP contribution in [0.25, 0.3) is 0 Å². The number of thiazole rings is 1. The summed E-state index contributed by atoms with van der Waals surface area (Å²) in [7, 11) is 0. The highest BCUT2D eigenvalue weighted by Gasteiger charge is 2.33. The van der Waals surface area contributed by atoms with Crippen molar-refractivity contribution in [1.29, 1.82) is 0 Å². The number of nitrogens with one attached hydrogen (secondary N) is 2. The molecule has 0 saturated carbocycles. The summed E-state index contributed by atoms with van der Waals surface area (Å²) in [5.41, 5.74) is -1.09. The second kappa shape index (κ2) is 8.68. The van der Waals surface area contributed by atoms with Crippen LogP contribution in [0.2, 0.25) is 0 Å². The maximum absolute atomic E-state index is 12.6. The second-order valence-electron chi connectivity index (χ2n) is 6.76. The van der Waals surface area contributed by atoms with Crippen LogP contribution < -0.4 is 10.6 Å². The fraction of sp³-hybridized carbons (Fsp3) is 0.625. The van der Waals surface area contributed by atoms with Crippen molar-refractivity contribution < 1.29 is 17.7 Å². The van der Waals surface area contributed by atoms with Crippen LogP contribution in [-0.4, -0.2) is 34.2 Å². The molecule has 0 aromatic carbocycles. The van der Waals surface area contributed by atoms with E-state index in [1.807, 2.05) is 27.7 Å². The number of rotatable bonds is 6. The lowest BCUT2D eigenvalue weighted by atomic mass is 9.97. The van der Waals surface area contributed by atoms with Crippen LogP contribution in [0.1, 0.15) is 50.1 Å². The largest absolute Gasteiger partial charge is 0.434 e. The Labute approximate surface area is 159 Å². The smallest absolute Gasteiger partial charge is 0.357 e. The molecular formula is C16H23F3N6OS. The summed E-state index contributed by atoms with van der Waals surface area (Å²) in [5, 5.41) is 11.5. The van der Waals surface area contributed by atoms with Gasteiger partial charge < -0.3 is 15.2 Å². The van der Waals surface area contributed by atoms with E-state index >= 15 is 0 Å². The SMILES string of the molecule is CCNC(=NCc1noc(C(C)(C)C)n1)NCCc1nc(C(F)(F)F)cs1. The van der Waals surface area contributed by atoms with Gasteiger partial charge in [-0.15, -0.1) is 11.3 Å². The van der Waals surface area contributed by atoms with Crippen LogP contribution in [0.3, 0.4) is 0 Å². The molecule has 2 heterocycles. The van der Waals surface area contributed by atoms with Crippen LogP contribution >= 0.6 is 11.3 Å². The highest BCUT2D eigenvalue weighted by Crippen LogP contribution is 2.30. The lowest BCUT2D eigenvalue weighted by Crippen LogP contribution is -2.38. The first-order valence-corrected chi connectivity index (χ1v) is 9.34. The molecule has 0 bridgehead atoms. The molecule has 2 aromatic heterocycles. The lowest BCUT2D eigenvalue weighted by Gasteiger charge is -2.10. The number of aliphatic imine (C=N–C) groups is 1. The molecule has 27 heavy (non-hydrogen) atoms. The number of alkyl halides is 3. The van der Waals surface area contributed by atoms with Gasteiger partial charge in [-0.2, -0.15) is 18.2 Å². The van der Waals surface area contributed by atoms with Crippen molar-refractivity contribution in [3.05, 3.63) is 27.8 Å². The highest BCUT2D eigenvalue weighted by atomic mass is 32.1. The van der Waals surface area contributed by atoms with Gasteiger partial charge >= 0.3 is 6.18 Å². The van der Waals surface area contributed by atoms with Crippen molar-refractivity contribution in [3.63, 3.8) is 0 Å². The zero-order chi connectivity index (χ0) is 20.1. The number of nitrogens with zero attached hydrogens (tertiary/aromatic N) is 4. The molecule has 0 aliphatic rings. The van der Waals surface area contributed by atoms with Gasteiger partial charge in [0, 0.05) is 30.3 Å². The van der Waals surface area contributed by atoms with E-state index in [2.05, 4.69) is 30.8 Å². The fourth-order valence-electron chi connectivity index (χ4n) is 1.96. The molecule has 0 fully saturated rings. The molecule has 2 rings (SSSR count). The molecule has 0 unspecified atom stereocenters. The Balaban J connectivity index is 1.90. The summed E-state index contributed by atoms with van der Waals surface area (Å²) in [5.74, 6) is 1.52. The molecule has 7 nitrogen and oxygen atoms in total. The van der Waals surface area contributed by atoms with Crippen LogP contribution in [0, 0.1) is 0 Å².